The molecule has 1 amide bonds. The van der Waals surface area contributed by atoms with Crippen molar-refractivity contribution in [2.45, 2.75) is 131 Å². The molecule has 3 saturated carbocycles. The van der Waals surface area contributed by atoms with Gasteiger partial charge in [-0.1, -0.05) is 72.0 Å². The second kappa shape index (κ2) is 12.4. The first-order valence-electron chi connectivity index (χ1n) is 16.0. The van der Waals surface area contributed by atoms with Crippen molar-refractivity contribution in [1.82, 2.24) is 5.32 Å². The van der Waals surface area contributed by atoms with Crippen LogP contribution in [0.4, 0.5) is 4.79 Å². The van der Waals surface area contributed by atoms with Crippen molar-refractivity contribution in [2.24, 2.45) is 52.1 Å². The van der Waals surface area contributed by atoms with E-state index < -0.39 is 0 Å². The van der Waals surface area contributed by atoms with Gasteiger partial charge < -0.3 is 15.8 Å². The topological polar surface area (TPSA) is 64.3 Å². The van der Waals surface area contributed by atoms with E-state index in [-0.39, 0.29) is 12.2 Å². The van der Waals surface area contributed by atoms with E-state index in [0.29, 0.717) is 17.4 Å². The third kappa shape index (κ3) is 6.25. The molecular formula is C33H58N2O2. The minimum atomic E-state index is -0.233. The number of hydrogen-bond acceptors (Lipinski definition) is 3. The van der Waals surface area contributed by atoms with E-state index in [0.717, 1.165) is 74.2 Å². The van der Waals surface area contributed by atoms with Crippen LogP contribution in [0.5, 0.6) is 0 Å². The van der Waals surface area contributed by atoms with E-state index >= 15 is 0 Å². The first kappa shape index (κ1) is 29.0. The predicted octanol–water partition coefficient (Wildman–Crippen LogP) is 8.25. The molecule has 0 heterocycles. The first-order valence-corrected chi connectivity index (χ1v) is 16.0. The highest BCUT2D eigenvalue weighted by Crippen LogP contribution is 2.67. The van der Waals surface area contributed by atoms with Gasteiger partial charge in [0.05, 0.1) is 0 Å². The van der Waals surface area contributed by atoms with Crippen LogP contribution in [-0.2, 0) is 4.74 Å². The summed E-state index contributed by atoms with van der Waals surface area (Å²) >= 11 is 0. The van der Waals surface area contributed by atoms with Gasteiger partial charge in [-0.15, -0.1) is 0 Å². The van der Waals surface area contributed by atoms with Gasteiger partial charge in [-0.05, 0) is 111 Å². The molecule has 3 fully saturated rings. The lowest BCUT2D eigenvalue weighted by Crippen LogP contribution is -2.51. The van der Waals surface area contributed by atoms with Crippen molar-refractivity contribution in [3.05, 3.63) is 11.6 Å². The number of fused-ring (bicyclic) bond motifs is 5. The number of carbonyl (C=O) groups is 1. The molecule has 8 unspecified atom stereocenters. The third-order valence-corrected chi connectivity index (χ3v) is 11.7. The highest BCUT2D eigenvalue weighted by molar-refractivity contribution is 5.67. The molecule has 4 aliphatic carbocycles. The van der Waals surface area contributed by atoms with Crippen LogP contribution in [-0.4, -0.2) is 25.3 Å². The summed E-state index contributed by atoms with van der Waals surface area (Å²) in [5.74, 6) is 5.20. The summed E-state index contributed by atoms with van der Waals surface area (Å²) in [7, 11) is 0. The van der Waals surface area contributed by atoms with E-state index in [4.69, 9.17) is 10.5 Å². The second-order valence-corrected chi connectivity index (χ2v) is 14.3. The zero-order valence-electron chi connectivity index (χ0n) is 24.8. The van der Waals surface area contributed by atoms with Crippen molar-refractivity contribution in [3.63, 3.8) is 0 Å². The number of amides is 1. The highest BCUT2D eigenvalue weighted by Gasteiger charge is 2.59. The number of ether oxygens (including phenoxy) is 1. The van der Waals surface area contributed by atoms with Crippen LogP contribution in [0.25, 0.3) is 0 Å². The van der Waals surface area contributed by atoms with Crippen molar-refractivity contribution in [2.75, 3.05) is 13.1 Å². The number of allylic oxidation sites excluding steroid dienone is 1. The molecule has 0 aromatic rings. The fraction of sp³-hybridized carbons (Fsp3) is 0.909. The van der Waals surface area contributed by atoms with Gasteiger partial charge in [-0.3, -0.25) is 0 Å². The molecule has 0 spiro atoms. The molecule has 3 N–H and O–H groups in total. The molecule has 0 bridgehead atoms. The molecule has 212 valence electrons. The molecule has 4 aliphatic rings. The Hall–Kier alpha value is -1.03. The molecule has 4 heteroatoms. The molecule has 0 radical (unpaired) electrons. The van der Waals surface area contributed by atoms with Gasteiger partial charge >= 0.3 is 6.09 Å². The van der Waals surface area contributed by atoms with E-state index in [2.05, 4.69) is 46.0 Å². The summed E-state index contributed by atoms with van der Waals surface area (Å²) in [6.45, 7) is 14.0. The SMILES string of the molecule is CC(C)CCCC(C)C1CCC2C3CC=C4CC(OC(=O)NCCCCCN)CCC4(C)C3CCC12C. The average molecular weight is 515 g/mol. The monoisotopic (exact) mass is 514 g/mol. The predicted molar refractivity (Wildman–Crippen MR) is 154 cm³/mol. The Kier molecular flexibility index (Phi) is 9.73. The Balaban J connectivity index is 1.34. The summed E-state index contributed by atoms with van der Waals surface area (Å²) < 4.78 is 5.88. The molecule has 4 nitrogen and oxygen atoms in total. The van der Waals surface area contributed by atoms with E-state index in [1.54, 1.807) is 5.57 Å². The molecule has 0 aromatic heterocycles. The Bertz CT molecular complexity index is 793. The van der Waals surface area contributed by atoms with Gasteiger partial charge in [0.2, 0.25) is 0 Å². The number of unbranched alkanes of at least 4 members (excludes halogenated alkanes) is 2. The average Bonchev–Trinajstić information content (AvgIpc) is 3.21. The minimum Gasteiger partial charge on any atom is -0.446 e. The quantitative estimate of drug-likeness (QED) is 0.215. The van der Waals surface area contributed by atoms with Gasteiger partial charge in [-0.25, -0.2) is 4.79 Å². The zero-order valence-corrected chi connectivity index (χ0v) is 24.8. The van der Waals surface area contributed by atoms with Crippen molar-refractivity contribution in [1.29, 1.82) is 0 Å². The fourth-order valence-electron chi connectivity index (χ4n) is 9.58. The smallest absolute Gasteiger partial charge is 0.407 e. The number of rotatable bonds is 11. The van der Waals surface area contributed by atoms with Crippen LogP contribution in [0.2, 0.25) is 0 Å². The standard InChI is InChI=1S/C33H58N2O2/c1-23(2)10-9-11-24(3)28-14-15-29-27-13-12-25-22-26(37-31(36)35-21-8-6-7-20-34)16-18-32(25,4)30(27)17-19-33(28,29)5/h12,23-24,26-30H,6-11,13-22,34H2,1-5H3,(H,35,36). The lowest BCUT2D eigenvalue weighted by Gasteiger charge is -2.58. The van der Waals surface area contributed by atoms with Crippen LogP contribution >= 0.6 is 0 Å². The lowest BCUT2D eigenvalue weighted by molar-refractivity contribution is -0.0581. The molecule has 0 saturated heterocycles. The molecule has 0 aliphatic heterocycles. The maximum Gasteiger partial charge on any atom is 0.407 e. The van der Waals surface area contributed by atoms with Crippen molar-refractivity contribution in [3.8, 4) is 0 Å². The van der Waals surface area contributed by atoms with Gasteiger partial charge in [0, 0.05) is 13.0 Å². The number of nitrogens with one attached hydrogen (secondary N) is 1. The largest absolute Gasteiger partial charge is 0.446 e. The second-order valence-electron chi connectivity index (χ2n) is 14.3. The Labute approximate surface area is 228 Å². The highest BCUT2D eigenvalue weighted by atomic mass is 16.6. The van der Waals surface area contributed by atoms with Crippen molar-refractivity contribution < 1.29 is 9.53 Å². The molecule has 37 heavy (non-hydrogen) atoms. The summed E-state index contributed by atoms with van der Waals surface area (Å²) in [6.07, 6.45) is 19.8. The fourth-order valence-corrected chi connectivity index (χ4v) is 9.58. The van der Waals surface area contributed by atoms with Crippen LogP contribution < -0.4 is 11.1 Å². The van der Waals surface area contributed by atoms with Crippen molar-refractivity contribution >= 4 is 6.09 Å². The third-order valence-electron chi connectivity index (χ3n) is 11.7. The van der Waals surface area contributed by atoms with Crippen LogP contribution in [0.3, 0.4) is 0 Å². The van der Waals surface area contributed by atoms with E-state index in [9.17, 15) is 4.79 Å². The molecular weight excluding hydrogens is 456 g/mol. The van der Waals surface area contributed by atoms with Crippen LogP contribution in [0.15, 0.2) is 11.6 Å². The lowest BCUT2D eigenvalue weighted by atomic mass is 9.47. The van der Waals surface area contributed by atoms with Gasteiger partial charge in [0.25, 0.3) is 0 Å². The van der Waals surface area contributed by atoms with E-state index in [1.165, 1.54) is 57.8 Å². The number of carbonyl (C=O) groups excluding carboxylic acids is 1. The van der Waals surface area contributed by atoms with E-state index in [1.807, 2.05) is 0 Å². The summed E-state index contributed by atoms with van der Waals surface area (Å²) in [6, 6.07) is 0. The summed E-state index contributed by atoms with van der Waals surface area (Å²) in [5.41, 5.74) is 8.01. The Morgan fingerprint density at radius 1 is 1.03 bits per heavy atom. The molecule has 0 aromatic carbocycles. The minimum absolute atomic E-state index is 0.0383. The van der Waals surface area contributed by atoms with Crippen LogP contribution in [0.1, 0.15) is 125 Å². The number of hydrogen-bond donors (Lipinski definition) is 2. The number of nitrogens with two attached hydrogens (primary N) is 1. The zero-order chi connectivity index (χ0) is 26.6. The van der Waals surface area contributed by atoms with Gasteiger partial charge in [-0.2, -0.15) is 0 Å². The normalized spacial score (nSPS) is 37.8. The molecule has 4 rings (SSSR count). The Morgan fingerprint density at radius 2 is 1.84 bits per heavy atom. The Morgan fingerprint density at radius 3 is 2.59 bits per heavy atom. The first-order chi connectivity index (χ1) is 17.7. The summed E-state index contributed by atoms with van der Waals surface area (Å²) in [5, 5.41) is 2.95. The van der Waals surface area contributed by atoms with Gasteiger partial charge in [0.15, 0.2) is 0 Å². The van der Waals surface area contributed by atoms with Gasteiger partial charge in [0.1, 0.15) is 6.10 Å². The number of alkyl carbamates (subject to hydrolysis) is 1. The summed E-state index contributed by atoms with van der Waals surface area (Å²) in [4.78, 5) is 12.4. The molecule has 8 atom stereocenters. The maximum atomic E-state index is 12.4. The maximum absolute atomic E-state index is 12.4. The van der Waals surface area contributed by atoms with Crippen LogP contribution in [0, 0.1) is 46.3 Å².